The molecule has 1 saturated heterocycles. The maximum Gasteiger partial charge on any atom is 0.490 e. The number of carbonyl (C=O) groups excluding carboxylic acids is 1. The van der Waals surface area contributed by atoms with E-state index in [9.17, 15) is 18.0 Å². The zero-order valence-electron chi connectivity index (χ0n) is 12.0. The van der Waals surface area contributed by atoms with E-state index in [-0.39, 0.29) is 5.91 Å². The summed E-state index contributed by atoms with van der Waals surface area (Å²) in [6.07, 6.45) is -3.64. The van der Waals surface area contributed by atoms with Crippen LogP contribution in [0.1, 0.15) is 12.0 Å². The van der Waals surface area contributed by atoms with Crippen molar-refractivity contribution in [2.45, 2.75) is 25.1 Å². The lowest BCUT2D eigenvalue weighted by molar-refractivity contribution is -0.192. The normalized spacial score (nSPS) is 17.1. The molecule has 0 radical (unpaired) electrons. The zero-order chi connectivity index (χ0) is 17.5. The smallest absolute Gasteiger partial charge is 0.475 e. The summed E-state index contributed by atoms with van der Waals surface area (Å²) in [4.78, 5) is 20.6. The topological polar surface area (TPSA) is 78.4 Å². The number of halogens is 4. The standard InChI is InChI=1S/C12H15ClN2O.C2HF3O2/c13-10-3-1-9(2-4-10)7-12(16)15-11-5-6-14-8-11;3-2(4,5)1(6)7/h1-4,11,14H,5-8H2,(H,15,16);(H,6,7). The van der Waals surface area contributed by atoms with E-state index in [0.717, 1.165) is 25.1 Å². The van der Waals surface area contributed by atoms with Crippen LogP contribution in [0.25, 0.3) is 0 Å². The highest BCUT2D eigenvalue weighted by Crippen LogP contribution is 2.13. The Balaban J connectivity index is 0.000000322. The third-order valence-corrected chi connectivity index (χ3v) is 3.20. The summed E-state index contributed by atoms with van der Waals surface area (Å²) >= 11 is 5.78. The summed E-state index contributed by atoms with van der Waals surface area (Å²) in [6.45, 7) is 1.87. The van der Waals surface area contributed by atoms with Crippen molar-refractivity contribution in [2.75, 3.05) is 13.1 Å². The first-order valence-corrected chi connectivity index (χ1v) is 7.11. The highest BCUT2D eigenvalue weighted by Gasteiger charge is 2.38. The average Bonchev–Trinajstić information content (AvgIpc) is 2.94. The summed E-state index contributed by atoms with van der Waals surface area (Å²) in [5, 5.41) is 14.0. The van der Waals surface area contributed by atoms with E-state index in [0.29, 0.717) is 17.5 Å². The summed E-state index contributed by atoms with van der Waals surface area (Å²) in [5.74, 6) is -2.68. The molecule has 5 nitrogen and oxygen atoms in total. The van der Waals surface area contributed by atoms with E-state index in [1.165, 1.54) is 0 Å². The van der Waals surface area contributed by atoms with Gasteiger partial charge in [-0.3, -0.25) is 4.79 Å². The second-order valence-electron chi connectivity index (χ2n) is 4.86. The highest BCUT2D eigenvalue weighted by molar-refractivity contribution is 6.30. The predicted octanol–water partition coefficient (Wildman–Crippen LogP) is 1.99. The second kappa shape index (κ2) is 8.73. The van der Waals surface area contributed by atoms with Crippen LogP contribution < -0.4 is 10.6 Å². The highest BCUT2D eigenvalue weighted by atomic mass is 35.5. The van der Waals surface area contributed by atoms with Crippen molar-refractivity contribution in [3.05, 3.63) is 34.9 Å². The molecule has 0 bridgehead atoms. The van der Waals surface area contributed by atoms with Crippen molar-refractivity contribution < 1.29 is 27.9 Å². The molecular weight excluding hydrogens is 337 g/mol. The van der Waals surface area contributed by atoms with Crippen LogP contribution in [0.15, 0.2) is 24.3 Å². The maximum absolute atomic E-state index is 11.7. The Bertz CT molecular complexity index is 529. The fourth-order valence-electron chi connectivity index (χ4n) is 1.84. The second-order valence-corrected chi connectivity index (χ2v) is 5.30. The number of rotatable bonds is 3. The van der Waals surface area contributed by atoms with Gasteiger partial charge in [0.15, 0.2) is 0 Å². The Hall–Kier alpha value is -1.80. The fraction of sp³-hybridized carbons (Fsp3) is 0.429. The van der Waals surface area contributed by atoms with Gasteiger partial charge in [0.25, 0.3) is 0 Å². The molecule has 0 spiro atoms. The van der Waals surface area contributed by atoms with Gasteiger partial charge < -0.3 is 15.7 Å². The van der Waals surface area contributed by atoms with E-state index in [1.54, 1.807) is 12.1 Å². The molecule has 1 amide bonds. The first kappa shape index (κ1) is 19.2. The van der Waals surface area contributed by atoms with Gasteiger partial charge in [-0.05, 0) is 30.7 Å². The van der Waals surface area contributed by atoms with Crippen LogP contribution in [0, 0.1) is 0 Å². The molecule has 0 aliphatic carbocycles. The van der Waals surface area contributed by atoms with Crippen molar-refractivity contribution in [1.29, 1.82) is 0 Å². The van der Waals surface area contributed by atoms with Gasteiger partial charge >= 0.3 is 12.1 Å². The number of benzene rings is 1. The Morgan fingerprint density at radius 2 is 1.87 bits per heavy atom. The number of amides is 1. The van der Waals surface area contributed by atoms with Gasteiger partial charge in [0.1, 0.15) is 0 Å². The molecular formula is C14H16ClF3N2O3. The molecule has 1 aromatic carbocycles. The Labute approximate surface area is 135 Å². The Morgan fingerprint density at radius 3 is 2.30 bits per heavy atom. The van der Waals surface area contributed by atoms with Gasteiger partial charge in [0.05, 0.1) is 6.42 Å². The van der Waals surface area contributed by atoms with Crippen LogP contribution in [0.2, 0.25) is 5.02 Å². The lowest BCUT2D eigenvalue weighted by Gasteiger charge is -2.11. The van der Waals surface area contributed by atoms with Crippen LogP contribution in [0.5, 0.6) is 0 Å². The number of carboxylic acid groups (broad SMARTS) is 1. The maximum atomic E-state index is 11.7. The minimum atomic E-state index is -5.08. The minimum absolute atomic E-state index is 0.0797. The van der Waals surface area contributed by atoms with Crippen molar-refractivity contribution in [2.24, 2.45) is 0 Å². The molecule has 2 rings (SSSR count). The molecule has 1 aromatic rings. The number of hydrogen-bond acceptors (Lipinski definition) is 3. The SMILES string of the molecule is O=C(Cc1ccc(Cl)cc1)NC1CCNC1.O=C(O)C(F)(F)F. The van der Waals surface area contributed by atoms with E-state index in [2.05, 4.69) is 10.6 Å². The number of nitrogens with one attached hydrogen (secondary N) is 2. The van der Waals surface area contributed by atoms with E-state index >= 15 is 0 Å². The monoisotopic (exact) mass is 352 g/mol. The van der Waals surface area contributed by atoms with E-state index in [4.69, 9.17) is 21.5 Å². The zero-order valence-corrected chi connectivity index (χ0v) is 12.7. The van der Waals surface area contributed by atoms with Crippen LogP contribution in [0.3, 0.4) is 0 Å². The average molecular weight is 353 g/mol. The van der Waals surface area contributed by atoms with E-state index < -0.39 is 12.1 Å². The molecule has 1 aliphatic heterocycles. The largest absolute Gasteiger partial charge is 0.490 e. The van der Waals surface area contributed by atoms with Crippen LogP contribution in [-0.2, 0) is 16.0 Å². The van der Waals surface area contributed by atoms with Gasteiger partial charge in [-0.2, -0.15) is 13.2 Å². The molecule has 1 atom stereocenters. The van der Waals surface area contributed by atoms with Crippen LogP contribution >= 0.6 is 11.6 Å². The molecule has 23 heavy (non-hydrogen) atoms. The molecule has 0 aromatic heterocycles. The lowest BCUT2D eigenvalue weighted by Crippen LogP contribution is -2.37. The molecule has 1 aliphatic rings. The summed E-state index contributed by atoms with van der Waals surface area (Å²) in [5.41, 5.74) is 0.993. The third kappa shape index (κ3) is 7.85. The lowest BCUT2D eigenvalue weighted by atomic mass is 10.1. The Kier molecular flexibility index (Phi) is 7.31. The molecule has 9 heteroatoms. The van der Waals surface area contributed by atoms with Gasteiger partial charge in [-0.25, -0.2) is 4.79 Å². The number of carboxylic acids is 1. The van der Waals surface area contributed by atoms with E-state index in [1.807, 2.05) is 12.1 Å². The van der Waals surface area contributed by atoms with Gasteiger partial charge in [0.2, 0.25) is 5.91 Å². The summed E-state index contributed by atoms with van der Waals surface area (Å²) in [6, 6.07) is 7.67. The number of aliphatic carboxylic acids is 1. The van der Waals surface area contributed by atoms with Gasteiger partial charge in [-0.1, -0.05) is 23.7 Å². The molecule has 0 saturated carbocycles. The minimum Gasteiger partial charge on any atom is -0.475 e. The van der Waals surface area contributed by atoms with Gasteiger partial charge in [-0.15, -0.1) is 0 Å². The fourth-order valence-corrected chi connectivity index (χ4v) is 1.97. The number of hydrogen-bond donors (Lipinski definition) is 3. The van der Waals surface area contributed by atoms with Crippen molar-refractivity contribution in [3.8, 4) is 0 Å². The quantitative estimate of drug-likeness (QED) is 0.777. The molecule has 1 unspecified atom stereocenters. The summed E-state index contributed by atoms with van der Waals surface area (Å²) < 4.78 is 31.7. The summed E-state index contributed by atoms with van der Waals surface area (Å²) in [7, 11) is 0. The van der Waals surface area contributed by atoms with Crippen molar-refractivity contribution in [1.82, 2.24) is 10.6 Å². The molecule has 1 heterocycles. The first-order chi connectivity index (χ1) is 10.7. The molecule has 3 N–H and O–H groups in total. The predicted molar refractivity (Wildman–Crippen MR) is 78.3 cm³/mol. The van der Waals surface area contributed by atoms with Gasteiger partial charge in [0, 0.05) is 17.6 Å². The Morgan fingerprint density at radius 1 is 1.30 bits per heavy atom. The third-order valence-electron chi connectivity index (χ3n) is 2.95. The number of alkyl halides is 3. The number of carbonyl (C=O) groups is 2. The van der Waals surface area contributed by atoms with Crippen molar-refractivity contribution >= 4 is 23.5 Å². The molecule has 128 valence electrons. The van der Waals surface area contributed by atoms with Crippen LogP contribution in [-0.4, -0.2) is 42.3 Å². The first-order valence-electron chi connectivity index (χ1n) is 6.73. The van der Waals surface area contributed by atoms with Crippen molar-refractivity contribution in [3.63, 3.8) is 0 Å². The molecule has 1 fully saturated rings. The van der Waals surface area contributed by atoms with Crippen LogP contribution in [0.4, 0.5) is 13.2 Å².